The highest BCUT2D eigenvalue weighted by Gasteiger charge is 2.21. The standard InChI is InChI=1S/C18H19N3O4/c1-12(16(19)22)20-17(23)14-10-6-7-11-15(14)21(2)18(24)25-13-8-4-3-5-9-13/h3-12H,1-2H3,(H2,19,22)(H,20,23). The molecule has 0 saturated carbocycles. The first kappa shape index (κ1) is 18.0. The summed E-state index contributed by atoms with van der Waals surface area (Å²) in [5.41, 5.74) is 5.73. The van der Waals surface area contributed by atoms with Crippen LogP contribution in [0.3, 0.4) is 0 Å². The Labute approximate surface area is 145 Å². The third kappa shape index (κ3) is 4.57. The van der Waals surface area contributed by atoms with E-state index in [-0.39, 0.29) is 5.56 Å². The molecule has 2 rings (SSSR count). The van der Waals surface area contributed by atoms with Gasteiger partial charge in [0, 0.05) is 7.05 Å². The summed E-state index contributed by atoms with van der Waals surface area (Å²) in [5, 5.41) is 2.49. The van der Waals surface area contributed by atoms with Crippen LogP contribution in [0.15, 0.2) is 54.6 Å². The zero-order valence-electron chi connectivity index (χ0n) is 13.9. The van der Waals surface area contributed by atoms with Gasteiger partial charge in [-0.1, -0.05) is 30.3 Å². The first-order valence-corrected chi connectivity index (χ1v) is 7.60. The number of nitrogens with zero attached hydrogens (tertiary/aromatic N) is 1. The van der Waals surface area contributed by atoms with E-state index >= 15 is 0 Å². The van der Waals surface area contributed by atoms with Crippen molar-refractivity contribution in [3.63, 3.8) is 0 Å². The molecule has 0 aliphatic rings. The molecule has 0 aromatic heterocycles. The number of hydrogen-bond donors (Lipinski definition) is 2. The van der Waals surface area contributed by atoms with E-state index in [0.29, 0.717) is 11.4 Å². The lowest BCUT2D eigenvalue weighted by molar-refractivity contribution is -0.119. The average Bonchev–Trinajstić information content (AvgIpc) is 2.61. The number of carbonyl (C=O) groups excluding carboxylic acids is 3. The lowest BCUT2D eigenvalue weighted by Crippen LogP contribution is -2.42. The minimum atomic E-state index is -0.831. The van der Waals surface area contributed by atoms with Gasteiger partial charge in [-0.05, 0) is 31.2 Å². The van der Waals surface area contributed by atoms with Gasteiger partial charge in [0.2, 0.25) is 5.91 Å². The maximum atomic E-state index is 12.4. The number of para-hydroxylation sites is 2. The third-order valence-corrected chi connectivity index (χ3v) is 3.51. The minimum Gasteiger partial charge on any atom is -0.410 e. The molecule has 1 atom stereocenters. The Morgan fingerprint density at radius 2 is 1.64 bits per heavy atom. The minimum absolute atomic E-state index is 0.225. The van der Waals surface area contributed by atoms with Crippen LogP contribution in [0.25, 0.3) is 0 Å². The number of primary amides is 1. The molecule has 2 aromatic carbocycles. The summed E-state index contributed by atoms with van der Waals surface area (Å²) in [6.07, 6.45) is -0.644. The van der Waals surface area contributed by atoms with Gasteiger partial charge in [-0.2, -0.15) is 0 Å². The number of anilines is 1. The normalized spacial score (nSPS) is 11.3. The number of nitrogens with one attached hydrogen (secondary N) is 1. The van der Waals surface area contributed by atoms with E-state index < -0.39 is 23.9 Å². The molecule has 0 aliphatic carbocycles. The van der Waals surface area contributed by atoms with Crippen molar-refractivity contribution in [2.24, 2.45) is 5.73 Å². The fourth-order valence-electron chi connectivity index (χ4n) is 2.06. The van der Waals surface area contributed by atoms with Crippen molar-refractivity contribution in [3.05, 3.63) is 60.2 Å². The summed E-state index contributed by atoms with van der Waals surface area (Å²) in [4.78, 5) is 37.0. The molecule has 25 heavy (non-hydrogen) atoms. The zero-order chi connectivity index (χ0) is 18.4. The summed E-state index contributed by atoms with van der Waals surface area (Å²) < 4.78 is 5.27. The molecule has 0 spiro atoms. The van der Waals surface area contributed by atoms with E-state index in [1.165, 1.54) is 18.9 Å². The molecular weight excluding hydrogens is 322 g/mol. The molecule has 2 aromatic rings. The van der Waals surface area contributed by atoms with Crippen LogP contribution >= 0.6 is 0 Å². The predicted molar refractivity (Wildman–Crippen MR) is 93.4 cm³/mol. The van der Waals surface area contributed by atoms with E-state index in [1.807, 2.05) is 0 Å². The predicted octanol–water partition coefficient (Wildman–Crippen LogP) is 1.93. The van der Waals surface area contributed by atoms with Crippen molar-refractivity contribution in [3.8, 4) is 5.75 Å². The van der Waals surface area contributed by atoms with E-state index in [4.69, 9.17) is 10.5 Å². The van der Waals surface area contributed by atoms with Crippen LogP contribution in [-0.2, 0) is 4.79 Å². The number of ether oxygens (including phenoxy) is 1. The Morgan fingerprint density at radius 1 is 1.04 bits per heavy atom. The van der Waals surface area contributed by atoms with Gasteiger partial charge >= 0.3 is 6.09 Å². The molecule has 1 unspecified atom stereocenters. The van der Waals surface area contributed by atoms with E-state index in [0.717, 1.165) is 0 Å². The maximum Gasteiger partial charge on any atom is 0.419 e. The van der Waals surface area contributed by atoms with Gasteiger partial charge in [-0.25, -0.2) is 4.79 Å². The Morgan fingerprint density at radius 3 is 2.28 bits per heavy atom. The fourth-order valence-corrected chi connectivity index (χ4v) is 2.06. The quantitative estimate of drug-likeness (QED) is 0.867. The number of carbonyl (C=O) groups is 3. The Kier molecular flexibility index (Phi) is 5.73. The molecule has 3 N–H and O–H groups in total. The monoisotopic (exact) mass is 341 g/mol. The van der Waals surface area contributed by atoms with Crippen molar-refractivity contribution in [1.29, 1.82) is 0 Å². The number of benzene rings is 2. The number of amides is 3. The molecule has 3 amide bonds. The van der Waals surface area contributed by atoms with Gasteiger partial charge in [0.15, 0.2) is 0 Å². The molecule has 7 nitrogen and oxygen atoms in total. The Bertz CT molecular complexity index is 777. The smallest absolute Gasteiger partial charge is 0.410 e. The van der Waals surface area contributed by atoms with Crippen molar-refractivity contribution in [1.82, 2.24) is 5.32 Å². The van der Waals surface area contributed by atoms with E-state index in [2.05, 4.69) is 5.32 Å². The molecule has 0 saturated heterocycles. The molecule has 0 heterocycles. The van der Waals surface area contributed by atoms with Gasteiger partial charge < -0.3 is 15.8 Å². The van der Waals surface area contributed by atoms with Crippen LogP contribution in [0.4, 0.5) is 10.5 Å². The highest BCUT2D eigenvalue weighted by Crippen LogP contribution is 2.21. The molecule has 7 heteroatoms. The van der Waals surface area contributed by atoms with Crippen LogP contribution < -0.4 is 20.7 Å². The highest BCUT2D eigenvalue weighted by molar-refractivity contribution is 6.04. The summed E-state index contributed by atoms with van der Waals surface area (Å²) in [5.74, 6) is -0.771. The SMILES string of the molecule is CC(NC(=O)c1ccccc1N(C)C(=O)Oc1ccccc1)C(N)=O. The molecule has 0 aliphatic heterocycles. The molecule has 0 radical (unpaired) electrons. The first-order valence-electron chi connectivity index (χ1n) is 7.60. The maximum absolute atomic E-state index is 12.4. The molecule has 130 valence electrons. The summed E-state index contributed by atoms with van der Waals surface area (Å²) in [6, 6.07) is 14.3. The second-order valence-electron chi connectivity index (χ2n) is 5.35. The second-order valence-corrected chi connectivity index (χ2v) is 5.35. The average molecular weight is 341 g/mol. The summed E-state index contributed by atoms with van der Waals surface area (Å²) >= 11 is 0. The number of nitrogens with two attached hydrogens (primary N) is 1. The van der Waals surface area contributed by atoms with Crippen LogP contribution in [0.2, 0.25) is 0 Å². The largest absolute Gasteiger partial charge is 0.419 e. The van der Waals surface area contributed by atoms with Crippen molar-refractivity contribution in [2.45, 2.75) is 13.0 Å². The van der Waals surface area contributed by atoms with Gasteiger partial charge in [-0.3, -0.25) is 14.5 Å². The van der Waals surface area contributed by atoms with Gasteiger partial charge in [0.25, 0.3) is 5.91 Å². The second kappa shape index (κ2) is 7.96. The fraction of sp³-hybridized carbons (Fsp3) is 0.167. The molecule has 0 bridgehead atoms. The topological polar surface area (TPSA) is 102 Å². The van der Waals surface area contributed by atoms with Gasteiger partial charge in [-0.15, -0.1) is 0 Å². The highest BCUT2D eigenvalue weighted by atomic mass is 16.6. The lowest BCUT2D eigenvalue weighted by Gasteiger charge is -2.20. The molecular formula is C18H19N3O4. The Balaban J connectivity index is 2.19. The van der Waals surface area contributed by atoms with Gasteiger partial charge in [0.1, 0.15) is 11.8 Å². The van der Waals surface area contributed by atoms with E-state index in [9.17, 15) is 14.4 Å². The lowest BCUT2D eigenvalue weighted by atomic mass is 10.1. The van der Waals surface area contributed by atoms with Crippen LogP contribution in [0, 0.1) is 0 Å². The van der Waals surface area contributed by atoms with Crippen LogP contribution in [0.5, 0.6) is 5.75 Å². The number of hydrogen-bond acceptors (Lipinski definition) is 4. The van der Waals surface area contributed by atoms with Crippen molar-refractivity contribution >= 4 is 23.6 Å². The Hall–Kier alpha value is -3.35. The van der Waals surface area contributed by atoms with Crippen molar-refractivity contribution < 1.29 is 19.1 Å². The van der Waals surface area contributed by atoms with E-state index in [1.54, 1.807) is 54.6 Å². The summed E-state index contributed by atoms with van der Waals surface area (Å²) in [7, 11) is 1.49. The number of rotatable bonds is 5. The van der Waals surface area contributed by atoms with Crippen LogP contribution in [-0.4, -0.2) is 31.0 Å². The van der Waals surface area contributed by atoms with Gasteiger partial charge in [0.05, 0.1) is 11.3 Å². The van der Waals surface area contributed by atoms with Crippen LogP contribution in [0.1, 0.15) is 17.3 Å². The van der Waals surface area contributed by atoms with Crippen molar-refractivity contribution in [2.75, 3.05) is 11.9 Å². The molecule has 0 fully saturated rings. The zero-order valence-corrected chi connectivity index (χ0v) is 13.9. The third-order valence-electron chi connectivity index (χ3n) is 3.51. The summed E-state index contributed by atoms with van der Waals surface area (Å²) in [6.45, 7) is 1.48. The first-order chi connectivity index (χ1) is 11.9.